The van der Waals surface area contributed by atoms with Crippen molar-refractivity contribution in [3.63, 3.8) is 0 Å². The van der Waals surface area contributed by atoms with Gasteiger partial charge in [0.1, 0.15) is 15.8 Å². The van der Waals surface area contributed by atoms with E-state index in [-0.39, 0.29) is 30.2 Å². The van der Waals surface area contributed by atoms with Crippen LogP contribution in [0, 0.1) is 6.92 Å². The van der Waals surface area contributed by atoms with E-state index in [1.54, 1.807) is 23.2 Å². The van der Waals surface area contributed by atoms with Crippen molar-refractivity contribution in [1.82, 2.24) is 14.3 Å². The number of aliphatic hydroxyl groups is 1. The van der Waals surface area contributed by atoms with Crippen LogP contribution < -0.4 is 10.9 Å². The summed E-state index contributed by atoms with van der Waals surface area (Å²) in [4.78, 5) is 33.5. The molecule has 1 saturated heterocycles. The number of rotatable bonds is 6. The van der Waals surface area contributed by atoms with Crippen molar-refractivity contribution < 1.29 is 9.90 Å². The van der Waals surface area contributed by atoms with Gasteiger partial charge in [0, 0.05) is 12.2 Å². The van der Waals surface area contributed by atoms with Crippen LogP contribution in [0.3, 0.4) is 0 Å². The minimum absolute atomic E-state index is 0.0887. The number of nitrogens with one attached hydrogen (secondary N) is 1. The van der Waals surface area contributed by atoms with Gasteiger partial charge in [-0.2, -0.15) is 0 Å². The van der Waals surface area contributed by atoms with Gasteiger partial charge < -0.3 is 10.4 Å². The van der Waals surface area contributed by atoms with Crippen LogP contribution >= 0.6 is 24.0 Å². The maximum Gasteiger partial charge on any atom is 0.267 e. The second-order valence-electron chi connectivity index (χ2n) is 8.34. The zero-order valence-corrected chi connectivity index (χ0v) is 20.0. The lowest BCUT2D eigenvalue weighted by Gasteiger charge is -2.29. The molecule has 2 N–H and O–H groups in total. The lowest BCUT2D eigenvalue weighted by atomic mass is 9.94. The smallest absolute Gasteiger partial charge is 0.267 e. The molecule has 0 aromatic carbocycles. The van der Waals surface area contributed by atoms with Crippen LogP contribution in [-0.2, 0) is 4.79 Å². The van der Waals surface area contributed by atoms with Gasteiger partial charge in [0.05, 0.1) is 23.1 Å². The van der Waals surface area contributed by atoms with Crippen LogP contribution in [0.4, 0.5) is 5.82 Å². The second kappa shape index (κ2) is 9.72. The minimum atomic E-state index is -0.267. The predicted molar refractivity (Wildman–Crippen MR) is 133 cm³/mol. The van der Waals surface area contributed by atoms with Crippen molar-refractivity contribution in [3.05, 3.63) is 44.7 Å². The van der Waals surface area contributed by atoms with E-state index >= 15 is 0 Å². The highest BCUT2D eigenvalue weighted by molar-refractivity contribution is 8.26. The van der Waals surface area contributed by atoms with E-state index in [1.807, 2.05) is 19.9 Å². The second-order valence-corrected chi connectivity index (χ2v) is 10.0. The van der Waals surface area contributed by atoms with Gasteiger partial charge in [-0.25, -0.2) is 4.98 Å². The molecule has 32 heavy (non-hydrogen) atoms. The van der Waals surface area contributed by atoms with E-state index in [9.17, 15) is 14.7 Å². The molecule has 2 fully saturated rings. The first-order valence-electron chi connectivity index (χ1n) is 11.1. The molecular formula is C23H28N4O3S2. The van der Waals surface area contributed by atoms with Crippen LogP contribution in [-0.4, -0.2) is 48.3 Å². The molecule has 1 atom stereocenters. The molecular weight excluding hydrogens is 444 g/mol. The summed E-state index contributed by atoms with van der Waals surface area (Å²) in [5.74, 6) is 0.230. The Bertz CT molecular complexity index is 1130. The Morgan fingerprint density at radius 3 is 2.78 bits per heavy atom. The third-order valence-corrected chi connectivity index (χ3v) is 7.51. The van der Waals surface area contributed by atoms with Crippen LogP contribution in [0.2, 0.25) is 0 Å². The SMILES string of the molecule is CC[C@H](CO)Nc1nc2c(C)cccn2c(=O)c1/C=C1/SC(=S)N(C2CCCCC2)C1=O. The molecule has 2 aromatic rings. The fraction of sp³-hybridized carbons (Fsp3) is 0.478. The number of anilines is 1. The average Bonchev–Trinajstić information content (AvgIpc) is 3.08. The maximum absolute atomic E-state index is 13.4. The maximum atomic E-state index is 13.4. The molecule has 170 valence electrons. The summed E-state index contributed by atoms with van der Waals surface area (Å²) in [7, 11) is 0. The summed E-state index contributed by atoms with van der Waals surface area (Å²) in [6.07, 6.45) is 9.26. The first kappa shape index (κ1) is 22.9. The number of carbonyl (C=O) groups is 1. The van der Waals surface area contributed by atoms with Crippen molar-refractivity contribution >= 4 is 51.7 Å². The third kappa shape index (κ3) is 4.33. The van der Waals surface area contributed by atoms with Crippen molar-refractivity contribution in [2.24, 2.45) is 0 Å². The highest BCUT2D eigenvalue weighted by Gasteiger charge is 2.37. The van der Waals surface area contributed by atoms with Gasteiger partial charge in [-0.05, 0) is 43.9 Å². The standard InChI is InChI=1S/C23H28N4O3S2/c1-3-15(13-28)24-19-17(21(29)26-11-7-8-14(2)20(26)25-19)12-18-22(30)27(23(31)32-18)16-9-5-4-6-10-16/h7-8,11-12,15-16,24,28H,3-6,9-10,13H2,1-2H3/b18-12+/t15-/m1/s1. The Labute approximate surface area is 196 Å². The molecule has 2 aliphatic rings. The van der Waals surface area contributed by atoms with Crippen LogP contribution in [0.25, 0.3) is 11.7 Å². The summed E-state index contributed by atoms with van der Waals surface area (Å²) in [6.45, 7) is 3.75. The number of thiocarbonyl (C=S) groups is 1. The lowest BCUT2D eigenvalue weighted by Crippen LogP contribution is -2.39. The van der Waals surface area contributed by atoms with E-state index in [1.165, 1.54) is 22.6 Å². The Morgan fingerprint density at radius 1 is 1.34 bits per heavy atom. The monoisotopic (exact) mass is 472 g/mol. The highest BCUT2D eigenvalue weighted by atomic mass is 32.2. The fourth-order valence-corrected chi connectivity index (χ4v) is 5.67. The Hall–Kier alpha value is -2.23. The number of hydrogen-bond donors (Lipinski definition) is 2. The molecule has 4 rings (SSSR count). The van der Waals surface area contributed by atoms with Crippen molar-refractivity contribution in [2.45, 2.75) is 64.5 Å². The first-order chi connectivity index (χ1) is 15.4. The number of fused-ring (bicyclic) bond motifs is 1. The number of thioether (sulfide) groups is 1. The van der Waals surface area contributed by atoms with Gasteiger partial charge in [0.2, 0.25) is 0 Å². The highest BCUT2D eigenvalue weighted by Crippen LogP contribution is 2.37. The van der Waals surface area contributed by atoms with Crippen LogP contribution in [0.1, 0.15) is 56.6 Å². The molecule has 3 heterocycles. The quantitative estimate of drug-likeness (QED) is 0.489. The van der Waals surface area contributed by atoms with Gasteiger partial charge >= 0.3 is 0 Å². The molecule has 2 aromatic heterocycles. The molecule has 7 nitrogen and oxygen atoms in total. The molecule has 1 saturated carbocycles. The summed E-state index contributed by atoms with van der Waals surface area (Å²) < 4.78 is 2.04. The van der Waals surface area contributed by atoms with Gasteiger partial charge in [-0.3, -0.25) is 18.9 Å². The molecule has 0 bridgehead atoms. The van der Waals surface area contributed by atoms with Gasteiger partial charge in [0.25, 0.3) is 11.5 Å². The number of aromatic nitrogens is 2. The molecule has 0 unspecified atom stereocenters. The summed E-state index contributed by atoms with van der Waals surface area (Å²) in [6, 6.07) is 3.58. The number of carbonyl (C=O) groups excluding carboxylic acids is 1. The predicted octanol–water partition coefficient (Wildman–Crippen LogP) is 3.72. The minimum Gasteiger partial charge on any atom is -0.394 e. The molecule has 0 spiro atoms. The zero-order chi connectivity index (χ0) is 22.8. The average molecular weight is 473 g/mol. The molecule has 1 aliphatic heterocycles. The van der Waals surface area contributed by atoms with E-state index in [4.69, 9.17) is 17.2 Å². The van der Waals surface area contributed by atoms with Crippen LogP contribution in [0.5, 0.6) is 0 Å². The van der Waals surface area contributed by atoms with E-state index < -0.39 is 0 Å². The van der Waals surface area contributed by atoms with Crippen LogP contribution in [0.15, 0.2) is 28.0 Å². The molecule has 9 heteroatoms. The number of pyridine rings is 1. The van der Waals surface area contributed by atoms with E-state index in [0.717, 1.165) is 31.2 Å². The van der Waals surface area contributed by atoms with Crippen molar-refractivity contribution in [1.29, 1.82) is 0 Å². The zero-order valence-electron chi connectivity index (χ0n) is 18.3. The summed E-state index contributed by atoms with van der Waals surface area (Å²) in [5.41, 5.74) is 1.43. The number of aryl methyl sites for hydroxylation is 1. The topological polar surface area (TPSA) is 86.9 Å². The fourth-order valence-electron chi connectivity index (χ4n) is 4.29. The number of amides is 1. The summed E-state index contributed by atoms with van der Waals surface area (Å²) >= 11 is 6.78. The molecule has 1 aliphatic carbocycles. The Balaban J connectivity index is 1.79. The first-order valence-corrected chi connectivity index (χ1v) is 12.3. The Morgan fingerprint density at radius 2 is 2.09 bits per heavy atom. The van der Waals surface area contributed by atoms with Gasteiger partial charge in [0.15, 0.2) is 0 Å². The summed E-state index contributed by atoms with van der Waals surface area (Å²) in [5, 5.41) is 12.9. The van der Waals surface area contributed by atoms with Gasteiger partial charge in [-0.15, -0.1) is 0 Å². The number of hydrogen-bond acceptors (Lipinski definition) is 7. The Kier molecular flexibility index (Phi) is 6.97. The van der Waals surface area contributed by atoms with Crippen molar-refractivity contribution in [3.8, 4) is 0 Å². The molecule has 0 radical (unpaired) electrons. The number of nitrogens with zero attached hydrogens (tertiary/aromatic N) is 3. The van der Waals surface area contributed by atoms with E-state index in [2.05, 4.69) is 5.32 Å². The third-order valence-electron chi connectivity index (χ3n) is 6.18. The lowest BCUT2D eigenvalue weighted by molar-refractivity contribution is -0.124. The normalized spacial score (nSPS) is 19.8. The number of aliphatic hydroxyl groups excluding tert-OH is 1. The molecule has 1 amide bonds. The largest absolute Gasteiger partial charge is 0.394 e. The van der Waals surface area contributed by atoms with E-state index in [0.29, 0.717) is 32.7 Å². The van der Waals surface area contributed by atoms with Gasteiger partial charge in [-0.1, -0.05) is 56.2 Å². The van der Waals surface area contributed by atoms with Crippen molar-refractivity contribution in [2.75, 3.05) is 11.9 Å².